The zero-order valence-corrected chi connectivity index (χ0v) is 19.4. The molecule has 1 amide bonds. The Balaban J connectivity index is 1.38. The first-order valence-electron chi connectivity index (χ1n) is 9.04. The quantitative estimate of drug-likeness (QED) is 0.332. The molecule has 0 spiro atoms. The van der Waals surface area contributed by atoms with Gasteiger partial charge in [-0.2, -0.15) is 0 Å². The number of halogens is 1. The van der Waals surface area contributed by atoms with E-state index in [0.717, 1.165) is 31.7 Å². The molecule has 3 aromatic heterocycles. The number of nitrogens with one attached hydrogen (secondary N) is 1. The summed E-state index contributed by atoms with van der Waals surface area (Å²) in [6.45, 7) is 3.90. The van der Waals surface area contributed by atoms with E-state index in [0.29, 0.717) is 15.7 Å². The average molecular weight is 473 g/mol. The number of aryl methyl sites for hydroxylation is 2. The maximum Gasteiger partial charge on any atom is 0.234 e. The summed E-state index contributed by atoms with van der Waals surface area (Å²) in [6.07, 6.45) is 0. The van der Waals surface area contributed by atoms with Gasteiger partial charge in [0.1, 0.15) is 15.7 Å². The van der Waals surface area contributed by atoms with Crippen LogP contribution in [0.25, 0.3) is 20.5 Å². The zero-order chi connectivity index (χ0) is 21.1. The van der Waals surface area contributed by atoms with Crippen LogP contribution >= 0.6 is 46.0 Å². The van der Waals surface area contributed by atoms with Crippen LogP contribution in [0.2, 0.25) is 5.02 Å². The van der Waals surface area contributed by atoms with Gasteiger partial charge in [0.2, 0.25) is 5.91 Å². The van der Waals surface area contributed by atoms with E-state index < -0.39 is 0 Å². The molecule has 0 aliphatic rings. The number of benzene rings is 1. The highest BCUT2D eigenvalue weighted by atomic mass is 35.5. The summed E-state index contributed by atoms with van der Waals surface area (Å²) in [5, 5.41) is 15.8. The minimum absolute atomic E-state index is 0.121. The number of rotatable bonds is 6. The molecule has 0 bridgehead atoms. The van der Waals surface area contributed by atoms with Crippen molar-refractivity contribution in [2.75, 3.05) is 11.1 Å². The van der Waals surface area contributed by atoms with Crippen molar-refractivity contribution in [1.29, 1.82) is 0 Å². The molecule has 4 rings (SSSR count). The normalized spacial score (nSPS) is 10.9. The lowest BCUT2D eigenvalue weighted by atomic mass is 10.2. The second-order valence-electron chi connectivity index (χ2n) is 6.47. The zero-order valence-electron chi connectivity index (χ0n) is 16.2. The molecule has 0 aliphatic carbocycles. The van der Waals surface area contributed by atoms with Gasteiger partial charge in [-0.3, -0.25) is 4.79 Å². The Bertz CT molecular complexity index is 1170. The van der Waals surface area contributed by atoms with E-state index in [2.05, 4.69) is 26.6 Å². The standard InChI is InChI=1S/C21H17ClN4OS3/c1-12-5-6-14(10-15(12)22)24-18(27)11-29-19-8-7-16(25-26-19)20-13(2)23-21(30-20)17-4-3-9-28-17/h3-10H,11H2,1-2H3,(H,24,27). The summed E-state index contributed by atoms with van der Waals surface area (Å²) in [6, 6.07) is 13.3. The topological polar surface area (TPSA) is 67.8 Å². The summed E-state index contributed by atoms with van der Waals surface area (Å²) in [7, 11) is 0. The van der Waals surface area contributed by atoms with Crippen LogP contribution in [0.4, 0.5) is 5.69 Å². The van der Waals surface area contributed by atoms with Gasteiger partial charge >= 0.3 is 0 Å². The molecule has 1 aromatic carbocycles. The SMILES string of the molecule is Cc1ccc(NC(=O)CSc2ccc(-c3sc(-c4cccs4)nc3C)nn2)cc1Cl. The number of nitrogens with zero attached hydrogens (tertiary/aromatic N) is 3. The number of carbonyl (C=O) groups excluding carboxylic acids is 1. The van der Waals surface area contributed by atoms with Crippen molar-refractivity contribution in [2.45, 2.75) is 18.9 Å². The molecule has 1 N–H and O–H groups in total. The summed E-state index contributed by atoms with van der Waals surface area (Å²) in [5.41, 5.74) is 3.38. The lowest BCUT2D eigenvalue weighted by Crippen LogP contribution is -2.14. The number of hydrogen-bond acceptors (Lipinski definition) is 7. The number of thiazole rings is 1. The van der Waals surface area contributed by atoms with Gasteiger partial charge in [-0.05, 0) is 55.1 Å². The van der Waals surface area contributed by atoms with Gasteiger partial charge in [0.15, 0.2) is 0 Å². The number of hydrogen-bond donors (Lipinski definition) is 1. The third-order valence-corrected chi connectivity index (χ3v) is 7.75. The fourth-order valence-electron chi connectivity index (χ4n) is 2.67. The molecule has 0 saturated heterocycles. The molecule has 0 fully saturated rings. The van der Waals surface area contributed by atoms with Gasteiger partial charge in [-0.25, -0.2) is 4.98 Å². The first-order chi connectivity index (χ1) is 14.5. The van der Waals surface area contributed by atoms with Crippen LogP contribution in [0.1, 0.15) is 11.3 Å². The molecular formula is C21H17ClN4OS3. The molecule has 0 atom stereocenters. The van der Waals surface area contributed by atoms with Crippen LogP contribution in [-0.2, 0) is 4.79 Å². The van der Waals surface area contributed by atoms with Gasteiger partial charge < -0.3 is 5.32 Å². The maximum atomic E-state index is 12.2. The Hall–Kier alpha value is -2.26. The van der Waals surface area contributed by atoms with Crippen molar-refractivity contribution in [3.63, 3.8) is 0 Å². The highest BCUT2D eigenvalue weighted by Crippen LogP contribution is 2.36. The van der Waals surface area contributed by atoms with E-state index in [1.54, 1.807) is 28.7 Å². The molecule has 0 radical (unpaired) electrons. The summed E-state index contributed by atoms with van der Waals surface area (Å²) >= 11 is 10.7. The highest BCUT2D eigenvalue weighted by molar-refractivity contribution is 7.99. The van der Waals surface area contributed by atoms with E-state index in [4.69, 9.17) is 11.6 Å². The van der Waals surface area contributed by atoms with Crippen LogP contribution in [0.5, 0.6) is 0 Å². The summed E-state index contributed by atoms with van der Waals surface area (Å²) in [4.78, 5) is 19.0. The monoisotopic (exact) mass is 472 g/mol. The first-order valence-corrected chi connectivity index (χ1v) is 12.1. The first kappa shape index (κ1) is 21.0. The van der Waals surface area contributed by atoms with Crippen molar-refractivity contribution in [2.24, 2.45) is 0 Å². The van der Waals surface area contributed by atoms with E-state index in [-0.39, 0.29) is 11.7 Å². The van der Waals surface area contributed by atoms with Gasteiger partial charge in [-0.15, -0.1) is 32.9 Å². The van der Waals surface area contributed by atoms with E-state index in [1.165, 1.54) is 11.8 Å². The number of thioether (sulfide) groups is 1. The second kappa shape index (κ2) is 9.26. The largest absolute Gasteiger partial charge is 0.325 e. The molecule has 0 unspecified atom stereocenters. The minimum Gasteiger partial charge on any atom is -0.325 e. The molecule has 9 heteroatoms. The Kier molecular flexibility index (Phi) is 6.48. The number of amides is 1. The molecule has 0 aliphatic heterocycles. The van der Waals surface area contributed by atoms with Crippen molar-refractivity contribution < 1.29 is 4.79 Å². The predicted octanol–water partition coefficient (Wildman–Crippen LogP) is 6.33. The van der Waals surface area contributed by atoms with Gasteiger partial charge in [-0.1, -0.05) is 35.5 Å². The molecular weight excluding hydrogens is 456 g/mol. The van der Waals surface area contributed by atoms with Crippen LogP contribution in [0, 0.1) is 13.8 Å². The Morgan fingerprint density at radius 3 is 2.73 bits per heavy atom. The number of carbonyl (C=O) groups is 1. The van der Waals surface area contributed by atoms with Crippen LogP contribution in [-0.4, -0.2) is 26.8 Å². The summed E-state index contributed by atoms with van der Waals surface area (Å²) < 4.78 is 0. The van der Waals surface area contributed by atoms with E-state index in [9.17, 15) is 4.79 Å². The highest BCUT2D eigenvalue weighted by Gasteiger charge is 2.14. The molecule has 3 heterocycles. The Morgan fingerprint density at radius 2 is 2.03 bits per heavy atom. The van der Waals surface area contributed by atoms with Gasteiger partial charge in [0, 0.05) is 10.7 Å². The smallest absolute Gasteiger partial charge is 0.234 e. The Morgan fingerprint density at radius 1 is 1.17 bits per heavy atom. The van der Waals surface area contributed by atoms with Crippen molar-refractivity contribution in [3.8, 4) is 20.5 Å². The second-order valence-corrected chi connectivity index (χ2v) is 9.82. The fraction of sp³-hybridized carbons (Fsp3) is 0.143. The fourth-order valence-corrected chi connectivity index (χ4v) is 5.29. The van der Waals surface area contributed by atoms with Crippen LogP contribution in [0.15, 0.2) is 52.9 Å². The molecule has 4 aromatic rings. The molecule has 30 heavy (non-hydrogen) atoms. The van der Waals surface area contributed by atoms with E-state index in [1.807, 2.05) is 49.6 Å². The Labute approximate surface area is 191 Å². The molecule has 5 nitrogen and oxygen atoms in total. The van der Waals surface area contributed by atoms with Crippen molar-refractivity contribution >= 4 is 57.6 Å². The van der Waals surface area contributed by atoms with Crippen LogP contribution < -0.4 is 5.32 Å². The third-order valence-electron chi connectivity index (χ3n) is 4.21. The third kappa shape index (κ3) is 4.89. The van der Waals surface area contributed by atoms with Gasteiger partial charge in [0.05, 0.1) is 21.2 Å². The minimum atomic E-state index is -0.121. The van der Waals surface area contributed by atoms with Crippen molar-refractivity contribution in [1.82, 2.24) is 15.2 Å². The number of anilines is 1. The molecule has 0 saturated carbocycles. The number of thiophene rings is 1. The predicted molar refractivity (Wildman–Crippen MR) is 127 cm³/mol. The molecule has 152 valence electrons. The van der Waals surface area contributed by atoms with Crippen molar-refractivity contribution in [3.05, 3.63) is 64.1 Å². The van der Waals surface area contributed by atoms with Gasteiger partial charge in [0.25, 0.3) is 0 Å². The maximum absolute atomic E-state index is 12.2. The lowest BCUT2D eigenvalue weighted by molar-refractivity contribution is -0.113. The summed E-state index contributed by atoms with van der Waals surface area (Å²) in [5.74, 6) is 0.117. The van der Waals surface area contributed by atoms with E-state index >= 15 is 0 Å². The number of aromatic nitrogens is 3. The van der Waals surface area contributed by atoms with Crippen LogP contribution in [0.3, 0.4) is 0 Å². The lowest BCUT2D eigenvalue weighted by Gasteiger charge is -2.06. The average Bonchev–Trinajstić information content (AvgIpc) is 3.39.